The zero-order chi connectivity index (χ0) is 14.8. The minimum atomic E-state index is -0.841. The van der Waals surface area contributed by atoms with Crippen molar-refractivity contribution in [3.8, 4) is 0 Å². The minimum absolute atomic E-state index is 0.0883. The minimum Gasteiger partial charge on any atom is -0.352 e. The van der Waals surface area contributed by atoms with Gasteiger partial charge in [-0.3, -0.25) is 14.5 Å². The average molecular weight is 282 g/mol. The first-order chi connectivity index (χ1) is 9.52. The lowest BCUT2D eigenvalue weighted by atomic mass is 9.99. The van der Waals surface area contributed by atoms with Gasteiger partial charge >= 0.3 is 6.03 Å². The van der Waals surface area contributed by atoms with E-state index in [2.05, 4.69) is 16.0 Å². The summed E-state index contributed by atoms with van der Waals surface area (Å²) in [5.74, 6) is -0.586. The van der Waals surface area contributed by atoms with Crippen LogP contribution in [0.1, 0.15) is 33.1 Å². The van der Waals surface area contributed by atoms with Crippen LogP contribution in [0.2, 0.25) is 0 Å². The summed E-state index contributed by atoms with van der Waals surface area (Å²) in [6, 6.07) is -0.385. The van der Waals surface area contributed by atoms with E-state index in [0.717, 1.165) is 17.7 Å². The zero-order valence-corrected chi connectivity index (χ0v) is 12.0. The summed E-state index contributed by atoms with van der Waals surface area (Å²) in [6.07, 6.45) is 2.23. The normalized spacial score (nSPS) is 25.6. The van der Waals surface area contributed by atoms with Gasteiger partial charge in [-0.1, -0.05) is 13.8 Å². The van der Waals surface area contributed by atoms with Crippen molar-refractivity contribution in [2.45, 2.75) is 44.7 Å². The molecule has 0 aliphatic carbocycles. The molecule has 2 fully saturated rings. The molecule has 2 rings (SSSR count). The Balaban J connectivity index is 1.97. The smallest absolute Gasteiger partial charge is 0.325 e. The van der Waals surface area contributed by atoms with E-state index in [1.165, 1.54) is 0 Å². The fraction of sp³-hybridized carbons (Fsp3) is 0.769. The molecular weight excluding hydrogens is 260 g/mol. The van der Waals surface area contributed by atoms with Gasteiger partial charge in [-0.25, -0.2) is 4.79 Å². The maximum absolute atomic E-state index is 12.3. The molecule has 7 nitrogen and oxygen atoms in total. The molecule has 1 atom stereocenters. The molecular formula is C13H22N4O3. The van der Waals surface area contributed by atoms with Gasteiger partial charge in [-0.2, -0.15) is 0 Å². The standard InChI is InChI=1S/C13H22N4O3/c1-3-9(4-2)15-10(18)7-17-11(19)13(16-12(17)20)5-6-14-8-13/h9,14H,3-8H2,1-2H3,(H,15,18)(H,16,20). The van der Waals surface area contributed by atoms with Crippen LogP contribution in [0.3, 0.4) is 0 Å². The van der Waals surface area contributed by atoms with Gasteiger partial charge in [0.25, 0.3) is 5.91 Å². The lowest BCUT2D eigenvalue weighted by Gasteiger charge is -2.20. The van der Waals surface area contributed by atoms with Crippen LogP contribution in [0, 0.1) is 0 Å². The second-order valence-corrected chi connectivity index (χ2v) is 5.41. The zero-order valence-electron chi connectivity index (χ0n) is 12.0. The third kappa shape index (κ3) is 2.63. The molecule has 0 aromatic carbocycles. The number of carbonyl (C=O) groups excluding carboxylic acids is 3. The van der Waals surface area contributed by atoms with Crippen molar-refractivity contribution in [3.63, 3.8) is 0 Å². The lowest BCUT2D eigenvalue weighted by molar-refractivity contribution is -0.134. The number of rotatable bonds is 5. The summed E-state index contributed by atoms with van der Waals surface area (Å²) in [6.45, 7) is 4.90. The second kappa shape index (κ2) is 5.78. The Morgan fingerprint density at radius 3 is 2.65 bits per heavy atom. The van der Waals surface area contributed by atoms with Gasteiger partial charge in [0.1, 0.15) is 12.1 Å². The van der Waals surface area contributed by atoms with Crippen LogP contribution in [0.4, 0.5) is 4.79 Å². The third-order valence-electron chi connectivity index (χ3n) is 4.05. The highest BCUT2D eigenvalue weighted by molar-refractivity contribution is 6.09. The van der Waals surface area contributed by atoms with Gasteiger partial charge in [0.05, 0.1) is 0 Å². The van der Waals surface area contributed by atoms with Crippen LogP contribution >= 0.6 is 0 Å². The van der Waals surface area contributed by atoms with Crippen LogP contribution < -0.4 is 16.0 Å². The molecule has 3 N–H and O–H groups in total. The molecule has 1 spiro atoms. The lowest BCUT2D eigenvalue weighted by Crippen LogP contribution is -2.49. The first kappa shape index (κ1) is 14.8. The summed E-state index contributed by atoms with van der Waals surface area (Å²) < 4.78 is 0. The molecule has 2 heterocycles. The highest BCUT2D eigenvalue weighted by atomic mass is 16.2. The second-order valence-electron chi connectivity index (χ2n) is 5.41. The number of nitrogens with one attached hydrogen (secondary N) is 3. The average Bonchev–Trinajstić information content (AvgIpc) is 2.98. The molecule has 112 valence electrons. The van der Waals surface area contributed by atoms with Gasteiger partial charge in [-0.15, -0.1) is 0 Å². The quantitative estimate of drug-likeness (QED) is 0.597. The number of hydrogen-bond donors (Lipinski definition) is 3. The van der Waals surface area contributed by atoms with Crippen molar-refractivity contribution in [2.75, 3.05) is 19.6 Å². The Morgan fingerprint density at radius 1 is 1.40 bits per heavy atom. The SMILES string of the molecule is CCC(CC)NC(=O)CN1C(=O)NC2(CCNC2)C1=O. The summed E-state index contributed by atoms with van der Waals surface area (Å²) in [4.78, 5) is 37.2. The van der Waals surface area contributed by atoms with Crippen LogP contribution in [-0.2, 0) is 9.59 Å². The van der Waals surface area contributed by atoms with Crippen LogP contribution in [0.25, 0.3) is 0 Å². The maximum atomic E-state index is 12.3. The van der Waals surface area contributed by atoms with Crippen LogP contribution in [0.5, 0.6) is 0 Å². The van der Waals surface area contributed by atoms with Crippen molar-refractivity contribution < 1.29 is 14.4 Å². The molecule has 2 saturated heterocycles. The highest BCUT2D eigenvalue weighted by Crippen LogP contribution is 2.23. The molecule has 0 saturated carbocycles. The van der Waals surface area contributed by atoms with Crippen molar-refractivity contribution in [1.29, 1.82) is 0 Å². The molecule has 7 heteroatoms. The number of imide groups is 1. The maximum Gasteiger partial charge on any atom is 0.325 e. The van der Waals surface area contributed by atoms with Gasteiger partial charge in [0.15, 0.2) is 0 Å². The van der Waals surface area contributed by atoms with E-state index in [-0.39, 0.29) is 24.4 Å². The van der Waals surface area contributed by atoms with E-state index in [1.807, 2.05) is 13.8 Å². The molecule has 4 amide bonds. The number of nitrogens with zero attached hydrogens (tertiary/aromatic N) is 1. The summed E-state index contributed by atoms with van der Waals surface area (Å²) in [7, 11) is 0. The predicted octanol–water partition coefficient (Wildman–Crippen LogP) is -0.425. The monoisotopic (exact) mass is 282 g/mol. The fourth-order valence-electron chi connectivity index (χ4n) is 2.71. The molecule has 2 aliphatic rings. The van der Waals surface area contributed by atoms with Crippen LogP contribution in [-0.4, -0.2) is 54.0 Å². The number of hydrogen-bond acceptors (Lipinski definition) is 4. The van der Waals surface area contributed by atoms with Gasteiger partial charge in [0.2, 0.25) is 5.91 Å². The van der Waals surface area contributed by atoms with Gasteiger partial charge in [-0.05, 0) is 25.8 Å². The summed E-state index contributed by atoms with van der Waals surface area (Å²) in [5, 5.41) is 8.61. The van der Waals surface area contributed by atoms with Crippen molar-refractivity contribution >= 4 is 17.8 Å². The first-order valence-corrected chi connectivity index (χ1v) is 7.16. The Kier molecular flexibility index (Phi) is 4.27. The Morgan fingerprint density at radius 2 is 2.10 bits per heavy atom. The predicted molar refractivity (Wildman–Crippen MR) is 73.0 cm³/mol. The van der Waals surface area contributed by atoms with Crippen molar-refractivity contribution in [2.24, 2.45) is 0 Å². The topological polar surface area (TPSA) is 90.5 Å². The van der Waals surface area contributed by atoms with E-state index in [0.29, 0.717) is 19.5 Å². The van der Waals surface area contributed by atoms with E-state index < -0.39 is 11.6 Å². The third-order valence-corrected chi connectivity index (χ3v) is 4.05. The molecule has 20 heavy (non-hydrogen) atoms. The summed E-state index contributed by atoms with van der Waals surface area (Å²) >= 11 is 0. The Bertz CT molecular complexity index is 414. The molecule has 0 aromatic rings. The van der Waals surface area contributed by atoms with Gasteiger partial charge in [0, 0.05) is 12.6 Å². The molecule has 0 radical (unpaired) electrons. The Labute approximate surface area is 118 Å². The number of amides is 4. The largest absolute Gasteiger partial charge is 0.352 e. The molecule has 1 unspecified atom stereocenters. The first-order valence-electron chi connectivity index (χ1n) is 7.16. The Hall–Kier alpha value is -1.63. The fourth-order valence-corrected chi connectivity index (χ4v) is 2.71. The van der Waals surface area contributed by atoms with Crippen molar-refractivity contribution in [3.05, 3.63) is 0 Å². The van der Waals surface area contributed by atoms with Gasteiger partial charge < -0.3 is 16.0 Å². The highest BCUT2D eigenvalue weighted by Gasteiger charge is 2.52. The van der Waals surface area contributed by atoms with E-state index in [9.17, 15) is 14.4 Å². The van der Waals surface area contributed by atoms with Crippen molar-refractivity contribution in [1.82, 2.24) is 20.9 Å². The molecule has 0 aromatic heterocycles. The molecule has 2 aliphatic heterocycles. The molecule has 0 bridgehead atoms. The van der Waals surface area contributed by atoms with E-state index in [4.69, 9.17) is 0 Å². The summed E-state index contributed by atoms with van der Waals surface area (Å²) in [5.41, 5.74) is -0.841. The number of urea groups is 1. The number of carbonyl (C=O) groups is 3. The van der Waals surface area contributed by atoms with E-state index >= 15 is 0 Å². The van der Waals surface area contributed by atoms with E-state index in [1.54, 1.807) is 0 Å². The van der Waals surface area contributed by atoms with Crippen LogP contribution in [0.15, 0.2) is 0 Å².